The Labute approximate surface area is 97.6 Å². The van der Waals surface area contributed by atoms with Crippen molar-refractivity contribution in [2.24, 2.45) is 0 Å². The highest BCUT2D eigenvalue weighted by molar-refractivity contribution is 5.80. The van der Waals surface area contributed by atoms with Gasteiger partial charge in [0.2, 0.25) is 0 Å². The Bertz CT molecular complexity index is 314. The highest BCUT2D eigenvalue weighted by Crippen LogP contribution is 2.05. The van der Waals surface area contributed by atoms with Gasteiger partial charge in [-0.3, -0.25) is 4.79 Å². The minimum Gasteiger partial charge on any atom is -0.381 e. The fourth-order valence-electron chi connectivity index (χ4n) is 1.45. The van der Waals surface area contributed by atoms with Gasteiger partial charge in [-0.1, -0.05) is 36.8 Å². The number of carbonyl (C=O) groups is 1. The molecule has 2 heteroatoms. The maximum absolute atomic E-state index is 11.6. The van der Waals surface area contributed by atoms with E-state index in [0.29, 0.717) is 19.4 Å². The first kappa shape index (κ1) is 12.9. The summed E-state index contributed by atoms with van der Waals surface area (Å²) in [6.45, 7) is 5.41. The third kappa shape index (κ3) is 5.08. The summed E-state index contributed by atoms with van der Waals surface area (Å²) >= 11 is 0. The SMILES string of the molecule is CCCOCCC(=O)Cc1ccc(C)cc1. The molecule has 1 aromatic rings. The van der Waals surface area contributed by atoms with E-state index in [0.717, 1.165) is 18.6 Å². The first-order valence-electron chi connectivity index (χ1n) is 5.87. The fourth-order valence-corrected chi connectivity index (χ4v) is 1.45. The zero-order valence-corrected chi connectivity index (χ0v) is 10.2. The number of aryl methyl sites for hydroxylation is 1. The standard InChI is InChI=1S/C14H20O2/c1-3-9-16-10-8-14(15)11-13-6-4-12(2)5-7-13/h4-7H,3,8-11H2,1-2H3. The molecule has 0 amide bonds. The molecule has 0 atom stereocenters. The van der Waals surface area contributed by atoms with Crippen LogP contribution < -0.4 is 0 Å². The average molecular weight is 220 g/mol. The Morgan fingerprint density at radius 1 is 1.19 bits per heavy atom. The predicted molar refractivity (Wildman–Crippen MR) is 65.6 cm³/mol. The minimum absolute atomic E-state index is 0.250. The molecule has 0 aliphatic heterocycles. The zero-order valence-electron chi connectivity index (χ0n) is 10.2. The van der Waals surface area contributed by atoms with Crippen LogP contribution in [0.15, 0.2) is 24.3 Å². The van der Waals surface area contributed by atoms with Gasteiger partial charge in [-0.25, -0.2) is 0 Å². The Hall–Kier alpha value is -1.15. The molecule has 0 spiro atoms. The van der Waals surface area contributed by atoms with Gasteiger partial charge in [0.15, 0.2) is 0 Å². The number of hydrogen-bond acceptors (Lipinski definition) is 2. The second-order valence-electron chi connectivity index (χ2n) is 4.06. The van der Waals surface area contributed by atoms with Crippen LogP contribution in [0.1, 0.15) is 30.9 Å². The maximum Gasteiger partial charge on any atom is 0.139 e. The molecule has 1 rings (SSSR count). The molecule has 0 bridgehead atoms. The molecule has 0 saturated heterocycles. The van der Waals surface area contributed by atoms with Gasteiger partial charge in [0, 0.05) is 19.4 Å². The summed E-state index contributed by atoms with van der Waals surface area (Å²) < 4.78 is 5.29. The Balaban J connectivity index is 2.26. The normalized spacial score (nSPS) is 10.4. The van der Waals surface area contributed by atoms with E-state index in [1.807, 2.05) is 31.2 Å². The molecular weight excluding hydrogens is 200 g/mol. The van der Waals surface area contributed by atoms with Crippen molar-refractivity contribution in [2.75, 3.05) is 13.2 Å². The average Bonchev–Trinajstić information content (AvgIpc) is 2.28. The van der Waals surface area contributed by atoms with Crippen LogP contribution in [0.5, 0.6) is 0 Å². The van der Waals surface area contributed by atoms with Crippen molar-refractivity contribution in [3.8, 4) is 0 Å². The lowest BCUT2D eigenvalue weighted by molar-refractivity contribution is -0.119. The van der Waals surface area contributed by atoms with Gasteiger partial charge in [-0.05, 0) is 18.9 Å². The number of hydrogen-bond donors (Lipinski definition) is 0. The molecule has 0 radical (unpaired) electrons. The molecule has 1 aromatic carbocycles. The monoisotopic (exact) mass is 220 g/mol. The summed E-state index contributed by atoms with van der Waals surface area (Å²) in [6.07, 6.45) is 2.05. The number of ether oxygens (including phenoxy) is 1. The van der Waals surface area contributed by atoms with Gasteiger partial charge in [-0.15, -0.1) is 0 Å². The second-order valence-corrected chi connectivity index (χ2v) is 4.06. The first-order chi connectivity index (χ1) is 7.72. The summed E-state index contributed by atoms with van der Waals surface area (Å²) in [5, 5.41) is 0. The van der Waals surface area contributed by atoms with E-state index in [2.05, 4.69) is 6.92 Å². The number of carbonyl (C=O) groups excluding carboxylic acids is 1. The van der Waals surface area contributed by atoms with Crippen molar-refractivity contribution in [1.29, 1.82) is 0 Å². The van der Waals surface area contributed by atoms with Gasteiger partial charge in [-0.2, -0.15) is 0 Å². The molecule has 0 aromatic heterocycles. The van der Waals surface area contributed by atoms with Crippen LogP contribution in [0.25, 0.3) is 0 Å². The van der Waals surface area contributed by atoms with Crippen molar-refractivity contribution >= 4 is 5.78 Å². The van der Waals surface area contributed by atoms with Crippen molar-refractivity contribution in [3.63, 3.8) is 0 Å². The molecule has 0 saturated carbocycles. The lowest BCUT2D eigenvalue weighted by Gasteiger charge is -2.03. The van der Waals surface area contributed by atoms with Crippen LogP contribution in [0.4, 0.5) is 0 Å². The molecule has 16 heavy (non-hydrogen) atoms. The molecular formula is C14H20O2. The van der Waals surface area contributed by atoms with E-state index in [1.54, 1.807) is 0 Å². The van der Waals surface area contributed by atoms with E-state index in [4.69, 9.17) is 4.74 Å². The third-order valence-corrected chi connectivity index (χ3v) is 2.40. The summed E-state index contributed by atoms with van der Waals surface area (Å²) in [4.78, 5) is 11.6. The minimum atomic E-state index is 0.250. The molecule has 88 valence electrons. The number of rotatable bonds is 7. The van der Waals surface area contributed by atoms with Crippen molar-refractivity contribution in [1.82, 2.24) is 0 Å². The first-order valence-corrected chi connectivity index (χ1v) is 5.87. The van der Waals surface area contributed by atoms with E-state index >= 15 is 0 Å². The largest absolute Gasteiger partial charge is 0.381 e. The number of benzene rings is 1. The Kier molecular flexibility index (Phi) is 5.79. The van der Waals surface area contributed by atoms with Crippen LogP contribution in [0.2, 0.25) is 0 Å². The topological polar surface area (TPSA) is 26.3 Å². The van der Waals surface area contributed by atoms with Crippen molar-refractivity contribution in [2.45, 2.75) is 33.1 Å². The summed E-state index contributed by atoms with van der Waals surface area (Å²) in [6, 6.07) is 8.10. The van der Waals surface area contributed by atoms with Gasteiger partial charge >= 0.3 is 0 Å². The highest BCUT2D eigenvalue weighted by Gasteiger charge is 2.03. The molecule has 0 aliphatic rings. The third-order valence-electron chi connectivity index (χ3n) is 2.40. The fraction of sp³-hybridized carbons (Fsp3) is 0.500. The second kappa shape index (κ2) is 7.18. The van der Waals surface area contributed by atoms with Gasteiger partial charge < -0.3 is 4.74 Å². The van der Waals surface area contributed by atoms with Gasteiger partial charge in [0.1, 0.15) is 5.78 Å². The zero-order chi connectivity index (χ0) is 11.8. The van der Waals surface area contributed by atoms with Crippen LogP contribution >= 0.6 is 0 Å². The predicted octanol–water partition coefficient (Wildman–Crippen LogP) is 2.92. The molecule has 2 nitrogen and oxygen atoms in total. The van der Waals surface area contributed by atoms with Crippen molar-refractivity contribution < 1.29 is 9.53 Å². The van der Waals surface area contributed by atoms with E-state index in [1.165, 1.54) is 5.56 Å². The van der Waals surface area contributed by atoms with E-state index in [-0.39, 0.29) is 5.78 Å². The quantitative estimate of drug-likeness (QED) is 0.660. The van der Waals surface area contributed by atoms with Crippen molar-refractivity contribution in [3.05, 3.63) is 35.4 Å². The van der Waals surface area contributed by atoms with Crippen LogP contribution in [-0.4, -0.2) is 19.0 Å². The maximum atomic E-state index is 11.6. The molecule has 0 aliphatic carbocycles. The smallest absolute Gasteiger partial charge is 0.139 e. The molecule has 0 unspecified atom stereocenters. The van der Waals surface area contributed by atoms with Crippen LogP contribution in [0.3, 0.4) is 0 Å². The van der Waals surface area contributed by atoms with Gasteiger partial charge in [0.05, 0.1) is 6.61 Å². The molecule has 0 heterocycles. The number of Topliss-reactive ketones (excluding diaryl/α,β-unsaturated/α-hetero) is 1. The lowest BCUT2D eigenvalue weighted by atomic mass is 10.1. The van der Waals surface area contributed by atoms with E-state index < -0.39 is 0 Å². The Morgan fingerprint density at radius 2 is 1.88 bits per heavy atom. The highest BCUT2D eigenvalue weighted by atomic mass is 16.5. The lowest BCUT2D eigenvalue weighted by Crippen LogP contribution is -2.07. The van der Waals surface area contributed by atoms with Crippen LogP contribution in [0, 0.1) is 6.92 Å². The molecule has 0 fully saturated rings. The summed E-state index contributed by atoms with van der Waals surface area (Å²) in [7, 11) is 0. The molecule has 0 N–H and O–H groups in total. The summed E-state index contributed by atoms with van der Waals surface area (Å²) in [5.41, 5.74) is 2.31. The summed E-state index contributed by atoms with van der Waals surface area (Å²) in [5.74, 6) is 0.250. The van der Waals surface area contributed by atoms with E-state index in [9.17, 15) is 4.79 Å². The van der Waals surface area contributed by atoms with Crippen LogP contribution in [-0.2, 0) is 16.0 Å². The Morgan fingerprint density at radius 3 is 2.50 bits per heavy atom. The van der Waals surface area contributed by atoms with Gasteiger partial charge in [0.25, 0.3) is 0 Å². The number of ketones is 1.